The van der Waals surface area contributed by atoms with Gasteiger partial charge in [0.1, 0.15) is 0 Å². The van der Waals surface area contributed by atoms with E-state index in [1.54, 1.807) is 0 Å². The zero-order valence-corrected chi connectivity index (χ0v) is 12.2. The SMILES string of the molecule is Clc1nnc(Nc2ccc3c(c2)CCC3)c2ccccc12. The van der Waals surface area contributed by atoms with Crippen LogP contribution in [0.3, 0.4) is 0 Å². The van der Waals surface area contributed by atoms with Crippen LogP contribution in [-0.2, 0) is 12.8 Å². The molecule has 21 heavy (non-hydrogen) atoms. The summed E-state index contributed by atoms with van der Waals surface area (Å²) >= 11 is 6.11. The highest BCUT2D eigenvalue weighted by Gasteiger charge is 2.12. The van der Waals surface area contributed by atoms with Crippen molar-refractivity contribution in [3.05, 3.63) is 58.7 Å². The van der Waals surface area contributed by atoms with E-state index in [2.05, 4.69) is 33.7 Å². The molecule has 0 amide bonds. The average Bonchev–Trinajstić information content (AvgIpc) is 2.98. The van der Waals surface area contributed by atoms with Crippen molar-refractivity contribution in [2.24, 2.45) is 0 Å². The molecule has 0 aliphatic heterocycles. The van der Waals surface area contributed by atoms with Gasteiger partial charge in [-0.05, 0) is 42.5 Å². The standard InChI is InChI=1S/C17H14ClN3/c18-16-14-6-1-2-7-15(14)17(21-20-16)19-13-9-8-11-4-3-5-12(11)10-13/h1-2,6-10H,3-5H2,(H,19,21). The molecule has 3 nitrogen and oxygen atoms in total. The fourth-order valence-electron chi connectivity index (χ4n) is 2.95. The molecule has 1 N–H and O–H groups in total. The predicted octanol–water partition coefficient (Wildman–Crippen LogP) is 4.52. The smallest absolute Gasteiger partial charge is 0.161 e. The summed E-state index contributed by atoms with van der Waals surface area (Å²) in [5.74, 6) is 0.743. The minimum atomic E-state index is 0.435. The van der Waals surface area contributed by atoms with E-state index in [1.165, 1.54) is 24.0 Å². The number of hydrogen-bond donors (Lipinski definition) is 1. The molecular weight excluding hydrogens is 282 g/mol. The zero-order valence-electron chi connectivity index (χ0n) is 11.4. The van der Waals surface area contributed by atoms with Gasteiger partial charge in [-0.15, -0.1) is 10.2 Å². The number of nitrogens with zero attached hydrogens (tertiary/aromatic N) is 2. The molecule has 0 fully saturated rings. The summed E-state index contributed by atoms with van der Waals surface area (Å²) in [5, 5.41) is 13.9. The summed E-state index contributed by atoms with van der Waals surface area (Å²) in [6, 6.07) is 14.4. The second-order valence-corrected chi connectivity index (χ2v) is 5.71. The van der Waals surface area contributed by atoms with Crippen LogP contribution in [0.4, 0.5) is 11.5 Å². The minimum absolute atomic E-state index is 0.435. The third kappa shape index (κ3) is 2.24. The number of benzene rings is 2. The fourth-order valence-corrected chi connectivity index (χ4v) is 3.15. The normalized spacial score (nSPS) is 13.4. The lowest BCUT2D eigenvalue weighted by Gasteiger charge is -2.10. The second kappa shape index (κ2) is 5.01. The van der Waals surface area contributed by atoms with Crippen LogP contribution in [0.15, 0.2) is 42.5 Å². The Kier molecular flexibility index (Phi) is 3.00. The van der Waals surface area contributed by atoms with Crippen LogP contribution in [0, 0.1) is 0 Å². The maximum atomic E-state index is 6.11. The van der Waals surface area contributed by atoms with Crippen LogP contribution >= 0.6 is 11.6 Å². The molecular formula is C17H14ClN3. The molecule has 0 bridgehead atoms. The molecule has 0 saturated carbocycles. The lowest BCUT2D eigenvalue weighted by atomic mass is 10.1. The number of fused-ring (bicyclic) bond motifs is 2. The van der Waals surface area contributed by atoms with Crippen molar-refractivity contribution in [3.63, 3.8) is 0 Å². The third-order valence-corrected chi connectivity index (χ3v) is 4.28. The Labute approximate surface area is 128 Å². The summed E-state index contributed by atoms with van der Waals surface area (Å²) in [6.45, 7) is 0. The Bertz CT molecular complexity index is 829. The minimum Gasteiger partial charge on any atom is -0.338 e. The Morgan fingerprint density at radius 1 is 0.905 bits per heavy atom. The topological polar surface area (TPSA) is 37.8 Å². The maximum absolute atomic E-state index is 6.11. The van der Waals surface area contributed by atoms with Crippen LogP contribution in [0.2, 0.25) is 5.15 Å². The molecule has 104 valence electrons. The summed E-state index contributed by atoms with van der Waals surface area (Å²) in [7, 11) is 0. The first-order chi connectivity index (χ1) is 10.3. The Hall–Kier alpha value is -2.13. The molecule has 0 spiro atoms. The summed E-state index contributed by atoms with van der Waals surface area (Å²) < 4.78 is 0. The predicted molar refractivity (Wildman–Crippen MR) is 86.3 cm³/mol. The van der Waals surface area contributed by atoms with Gasteiger partial charge >= 0.3 is 0 Å². The van der Waals surface area contributed by atoms with E-state index in [4.69, 9.17) is 11.6 Å². The number of nitrogens with one attached hydrogen (secondary N) is 1. The van der Waals surface area contributed by atoms with E-state index < -0.39 is 0 Å². The van der Waals surface area contributed by atoms with Gasteiger partial charge in [0.2, 0.25) is 0 Å². The Morgan fingerprint density at radius 2 is 1.71 bits per heavy atom. The number of rotatable bonds is 2. The van der Waals surface area contributed by atoms with Gasteiger partial charge in [0.25, 0.3) is 0 Å². The molecule has 0 saturated heterocycles. The first-order valence-corrected chi connectivity index (χ1v) is 7.49. The zero-order chi connectivity index (χ0) is 14.2. The van der Waals surface area contributed by atoms with E-state index in [1.807, 2.05) is 24.3 Å². The van der Waals surface area contributed by atoms with Crippen LogP contribution in [-0.4, -0.2) is 10.2 Å². The van der Waals surface area contributed by atoms with Crippen molar-refractivity contribution >= 4 is 33.9 Å². The van der Waals surface area contributed by atoms with E-state index in [0.29, 0.717) is 5.15 Å². The highest BCUT2D eigenvalue weighted by molar-refractivity contribution is 6.34. The highest BCUT2D eigenvalue weighted by Crippen LogP contribution is 2.30. The Balaban J connectivity index is 1.76. The van der Waals surface area contributed by atoms with E-state index in [-0.39, 0.29) is 0 Å². The first-order valence-electron chi connectivity index (χ1n) is 7.11. The molecule has 1 heterocycles. The number of aryl methyl sites for hydroxylation is 2. The summed E-state index contributed by atoms with van der Waals surface area (Å²) in [5.41, 5.74) is 3.95. The van der Waals surface area contributed by atoms with Gasteiger partial charge in [-0.3, -0.25) is 0 Å². The van der Waals surface area contributed by atoms with Gasteiger partial charge < -0.3 is 5.32 Å². The van der Waals surface area contributed by atoms with Crippen molar-refractivity contribution < 1.29 is 0 Å². The lowest BCUT2D eigenvalue weighted by Crippen LogP contribution is -1.98. The molecule has 2 aromatic carbocycles. The van der Waals surface area contributed by atoms with Crippen LogP contribution in [0.25, 0.3) is 10.8 Å². The van der Waals surface area contributed by atoms with Gasteiger partial charge in [-0.2, -0.15) is 0 Å². The largest absolute Gasteiger partial charge is 0.338 e. The van der Waals surface area contributed by atoms with Crippen molar-refractivity contribution in [2.75, 3.05) is 5.32 Å². The molecule has 0 atom stereocenters. The highest BCUT2D eigenvalue weighted by atomic mass is 35.5. The fraction of sp³-hybridized carbons (Fsp3) is 0.176. The van der Waals surface area contributed by atoms with Gasteiger partial charge in [0.05, 0.1) is 0 Å². The number of aromatic nitrogens is 2. The quantitative estimate of drug-likeness (QED) is 0.755. The number of anilines is 2. The summed E-state index contributed by atoms with van der Waals surface area (Å²) in [4.78, 5) is 0. The van der Waals surface area contributed by atoms with Crippen LogP contribution < -0.4 is 5.32 Å². The Morgan fingerprint density at radius 3 is 2.62 bits per heavy atom. The lowest BCUT2D eigenvalue weighted by molar-refractivity contribution is 0.912. The number of hydrogen-bond acceptors (Lipinski definition) is 3. The molecule has 3 aromatic rings. The molecule has 4 rings (SSSR count). The molecule has 0 unspecified atom stereocenters. The van der Waals surface area contributed by atoms with Crippen LogP contribution in [0.5, 0.6) is 0 Å². The van der Waals surface area contributed by atoms with Gasteiger partial charge in [-0.25, -0.2) is 0 Å². The van der Waals surface area contributed by atoms with E-state index >= 15 is 0 Å². The van der Waals surface area contributed by atoms with Gasteiger partial charge in [0, 0.05) is 16.5 Å². The number of halogens is 1. The van der Waals surface area contributed by atoms with E-state index in [9.17, 15) is 0 Å². The molecule has 4 heteroatoms. The average molecular weight is 296 g/mol. The second-order valence-electron chi connectivity index (χ2n) is 5.35. The third-order valence-electron chi connectivity index (χ3n) is 4.00. The van der Waals surface area contributed by atoms with Gasteiger partial charge in [0.15, 0.2) is 11.0 Å². The van der Waals surface area contributed by atoms with E-state index in [0.717, 1.165) is 28.7 Å². The van der Waals surface area contributed by atoms with Crippen molar-refractivity contribution in [2.45, 2.75) is 19.3 Å². The van der Waals surface area contributed by atoms with Crippen molar-refractivity contribution in [1.82, 2.24) is 10.2 Å². The molecule has 1 aliphatic carbocycles. The summed E-state index contributed by atoms with van der Waals surface area (Å²) in [6.07, 6.45) is 3.61. The monoisotopic (exact) mass is 295 g/mol. The molecule has 1 aliphatic rings. The maximum Gasteiger partial charge on any atom is 0.161 e. The van der Waals surface area contributed by atoms with Crippen molar-refractivity contribution in [1.29, 1.82) is 0 Å². The van der Waals surface area contributed by atoms with Crippen LogP contribution in [0.1, 0.15) is 17.5 Å². The van der Waals surface area contributed by atoms with Crippen molar-refractivity contribution in [3.8, 4) is 0 Å². The molecule has 0 radical (unpaired) electrons. The van der Waals surface area contributed by atoms with Gasteiger partial charge in [-0.1, -0.05) is 41.9 Å². The molecule has 1 aromatic heterocycles. The first kappa shape index (κ1) is 12.6.